The maximum atomic E-state index is 12.5. The van der Waals surface area contributed by atoms with Crippen molar-refractivity contribution in [1.82, 2.24) is 10.0 Å². The van der Waals surface area contributed by atoms with Crippen molar-refractivity contribution in [2.75, 3.05) is 19.7 Å². The number of hydrogen-bond donors (Lipinski definition) is 2. The molecular formula is C27H37ClN2O3S. The Hall–Kier alpha value is -1.60. The summed E-state index contributed by atoms with van der Waals surface area (Å²) in [5.74, 6) is 0.790. The largest absolute Gasteiger partial charge is 0.492 e. The lowest BCUT2D eigenvalue weighted by molar-refractivity contribution is 0.164. The predicted molar refractivity (Wildman–Crippen MR) is 139 cm³/mol. The van der Waals surface area contributed by atoms with Gasteiger partial charge < -0.3 is 10.1 Å². The summed E-state index contributed by atoms with van der Waals surface area (Å²) in [5, 5.41) is 4.23. The SMILES string of the molecule is CCCC(CC)S(=O)(=O)NCCOc1ccc2c(c1)C(C1(c3ccc(Cl)cc3)CCC1)NCC2. The van der Waals surface area contributed by atoms with Crippen LogP contribution in [0.25, 0.3) is 0 Å². The standard InChI is InChI=1S/C27H37ClN2O3S/c1-3-6-24(4-2)34(31,32)30-17-18-33-23-12-7-20-13-16-29-26(25(20)19-23)27(14-5-15-27)21-8-10-22(28)11-9-21/h7-12,19,24,26,29-30H,3-6,13-18H2,1-2H3. The molecule has 4 rings (SSSR count). The Morgan fingerprint density at radius 3 is 2.59 bits per heavy atom. The molecule has 1 saturated carbocycles. The zero-order chi connectivity index (χ0) is 24.2. The first kappa shape index (κ1) is 25.5. The Morgan fingerprint density at radius 1 is 1.18 bits per heavy atom. The minimum Gasteiger partial charge on any atom is -0.492 e. The minimum atomic E-state index is -3.31. The first-order valence-electron chi connectivity index (χ1n) is 12.6. The van der Waals surface area contributed by atoms with Crippen LogP contribution in [0.3, 0.4) is 0 Å². The fourth-order valence-electron chi connectivity index (χ4n) is 5.57. The minimum absolute atomic E-state index is 0.0719. The van der Waals surface area contributed by atoms with Gasteiger partial charge in [0.2, 0.25) is 10.0 Å². The summed E-state index contributed by atoms with van der Waals surface area (Å²) in [6, 6.07) is 14.9. The number of halogens is 1. The maximum Gasteiger partial charge on any atom is 0.214 e. The quantitative estimate of drug-likeness (QED) is 0.395. The van der Waals surface area contributed by atoms with E-state index in [-0.39, 0.29) is 23.3 Å². The number of sulfonamides is 1. The summed E-state index contributed by atoms with van der Waals surface area (Å²) < 4.78 is 33.8. The smallest absolute Gasteiger partial charge is 0.214 e. The molecule has 1 aliphatic heterocycles. The molecule has 2 aliphatic rings. The number of fused-ring (bicyclic) bond motifs is 1. The van der Waals surface area contributed by atoms with E-state index in [0.717, 1.165) is 43.0 Å². The Kier molecular flexibility index (Phi) is 8.24. The van der Waals surface area contributed by atoms with Crippen LogP contribution in [0, 0.1) is 0 Å². The van der Waals surface area contributed by atoms with Crippen LogP contribution >= 0.6 is 11.6 Å². The van der Waals surface area contributed by atoms with Gasteiger partial charge in [-0.3, -0.25) is 0 Å². The first-order valence-corrected chi connectivity index (χ1v) is 14.6. The highest BCUT2D eigenvalue weighted by Crippen LogP contribution is 2.53. The highest BCUT2D eigenvalue weighted by atomic mass is 35.5. The van der Waals surface area contributed by atoms with E-state index in [1.165, 1.54) is 23.1 Å². The van der Waals surface area contributed by atoms with Crippen LogP contribution in [0.2, 0.25) is 5.02 Å². The molecule has 2 aromatic carbocycles. The van der Waals surface area contributed by atoms with E-state index in [0.29, 0.717) is 19.4 Å². The second-order valence-electron chi connectivity index (χ2n) is 9.62. The fraction of sp³-hybridized carbons (Fsp3) is 0.556. The van der Waals surface area contributed by atoms with E-state index < -0.39 is 10.0 Å². The van der Waals surface area contributed by atoms with E-state index >= 15 is 0 Å². The van der Waals surface area contributed by atoms with Gasteiger partial charge in [-0.2, -0.15) is 0 Å². The maximum absolute atomic E-state index is 12.5. The molecule has 0 aromatic heterocycles. The number of hydrogen-bond acceptors (Lipinski definition) is 4. The predicted octanol–water partition coefficient (Wildman–Crippen LogP) is 5.53. The van der Waals surface area contributed by atoms with Gasteiger partial charge in [0.25, 0.3) is 0 Å². The normalized spacial score (nSPS) is 20.3. The molecule has 5 nitrogen and oxygen atoms in total. The Morgan fingerprint density at radius 2 is 1.94 bits per heavy atom. The highest BCUT2D eigenvalue weighted by Gasteiger charge is 2.47. The highest BCUT2D eigenvalue weighted by molar-refractivity contribution is 7.90. The van der Waals surface area contributed by atoms with Crippen molar-refractivity contribution in [3.63, 3.8) is 0 Å². The van der Waals surface area contributed by atoms with Crippen molar-refractivity contribution in [3.8, 4) is 5.75 Å². The molecule has 2 unspecified atom stereocenters. The molecule has 1 fully saturated rings. The fourth-order valence-corrected chi connectivity index (χ4v) is 7.28. The molecule has 0 spiro atoms. The van der Waals surface area contributed by atoms with Gasteiger partial charge in [-0.1, -0.05) is 56.5 Å². The lowest BCUT2D eigenvalue weighted by Gasteiger charge is -2.50. The second kappa shape index (κ2) is 11.0. The third-order valence-corrected chi connectivity index (χ3v) is 9.87. The van der Waals surface area contributed by atoms with Crippen molar-refractivity contribution in [1.29, 1.82) is 0 Å². The van der Waals surface area contributed by atoms with E-state index in [9.17, 15) is 8.42 Å². The average Bonchev–Trinajstić information content (AvgIpc) is 2.81. The van der Waals surface area contributed by atoms with E-state index in [2.05, 4.69) is 34.3 Å². The molecule has 0 radical (unpaired) electrons. The molecule has 1 aliphatic carbocycles. The molecule has 0 amide bonds. The molecule has 0 bridgehead atoms. The van der Waals surface area contributed by atoms with E-state index in [4.69, 9.17) is 16.3 Å². The average molecular weight is 505 g/mol. The number of nitrogens with one attached hydrogen (secondary N) is 2. The molecule has 186 valence electrons. The van der Waals surface area contributed by atoms with E-state index in [1.54, 1.807) is 0 Å². The molecule has 7 heteroatoms. The van der Waals surface area contributed by atoms with Gasteiger partial charge in [0.05, 0.1) is 5.25 Å². The van der Waals surface area contributed by atoms with Crippen LogP contribution in [0.15, 0.2) is 42.5 Å². The van der Waals surface area contributed by atoms with Crippen LogP contribution < -0.4 is 14.8 Å². The Bertz CT molecular complexity index is 1070. The zero-order valence-corrected chi connectivity index (χ0v) is 21.9. The summed E-state index contributed by atoms with van der Waals surface area (Å²) in [6.45, 7) is 5.48. The molecule has 1 heterocycles. The van der Waals surface area contributed by atoms with Crippen LogP contribution in [-0.2, 0) is 21.9 Å². The monoisotopic (exact) mass is 504 g/mol. The first-order chi connectivity index (χ1) is 16.4. The van der Waals surface area contributed by atoms with Gasteiger partial charge >= 0.3 is 0 Å². The Labute approximate surface area is 209 Å². The van der Waals surface area contributed by atoms with Gasteiger partial charge in [0.15, 0.2) is 0 Å². The summed E-state index contributed by atoms with van der Waals surface area (Å²) >= 11 is 6.17. The number of rotatable bonds is 11. The zero-order valence-electron chi connectivity index (χ0n) is 20.3. The topological polar surface area (TPSA) is 67.4 Å². The van der Waals surface area contributed by atoms with Crippen LogP contribution in [0.4, 0.5) is 0 Å². The second-order valence-corrected chi connectivity index (χ2v) is 12.1. The van der Waals surface area contributed by atoms with Gasteiger partial charge in [0, 0.05) is 23.0 Å². The van der Waals surface area contributed by atoms with Crippen molar-refractivity contribution in [2.24, 2.45) is 0 Å². The number of benzene rings is 2. The summed E-state index contributed by atoms with van der Waals surface area (Å²) in [7, 11) is -3.31. The molecular weight excluding hydrogens is 468 g/mol. The van der Waals surface area contributed by atoms with Gasteiger partial charge in [0.1, 0.15) is 12.4 Å². The van der Waals surface area contributed by atoms with Gasteiger partial charge in [-0.15, -0.1) is 0 Å². The van der Waals surface area contributed by atoms with Gasteiger partial charge in [-0.05, 0) is 79.6 Å². The molecule has 34 heavy (non-hydrogen) atoms. The molecule has 0 saturated heterocycles. The van der Waals surface area contributed by atoms with Gasteiger partial charge in [-0.25, -0.2) is 13.1 Å². The van der Waals surface area contributed by atoms with Crippen LogP contribution in [0.1, 0.15) is 75.1 Å². The van der Waals surface area contributed by atoms with Crippen LogP contribution in [0.5, 0.6) is 5.75 Å². The summed E-state index contributed by atoms with van der Waals surface area (Å²) in [5.41, 5.74) is 4.07. The Balaban J connectivity index is 1.46. The van der Waals surface area contributed by atoms with Crippen molar-refractivity contribution in [2.45, 2.75) is 75.5 Å². The molecule has 2 atom stereocenters. The van der Waals surface area contributed by atoms with Crippen molar-refractivity contribution in [3.05, 3.63) is 64.2 Å². The molecule has 2 aromatic rings. The molecule has 2 N–H and O–H groups in total. The summed E-state index contributed by atoms with van der Waals surface area (Å²) in [6.07, 6.45) is 6.68. The van der Waals surface area contributed by atoms with Crippen molar-refractivity contribution < 1.29 is 13.2 Å². The van der Waals surface area contributed by atoms with Crippen LogP contribution in [-0.4, -0.2) is 33.4 Å². The van der Waals surface area contributed by atoms with E-state index in [1.807, 2.05) is 32.0 Å². The lowest BCUT2D eigenvalue weighted by Crippen LogP contribution is -2.49. The third-order valence-electron chi connectivity index (χ3n) is 7.57. The van der Waals surface area contributed by atoms with Crippen molar-refractivity contribution >= 4 is 21.6 Å². The lowest BCUT2D eigenvalue weighted by atomic mass is 9.58. The summed E-state index contributed by atoms with van der Waals surface area (Å²) in [4.78, 5) is 0. The third kappa shape index (κ3) is 5.30. The number of ether oxygens (including phenoxy) is 1.